The Labute approximate surface area is 286 Å². The molecule has 218 valence electrons. The van der Waals surface area contributed by atoms with E-state index in [9.17, 15) is 24.0 Å². The first-order valence-electron chi connectivity index (χ1n) is 11.8. The number of ketones is 1. The van der Waals surface area contributed by atoms with E-state index >= 15 is 0 Å². The highest BCUT2D eigenvalue weighted by Crippen LogP contribution is 2.45. The average Bonchev–Trinajstić information content (AvgIpc) is 3.60. The van der Waals surface area contributed by atoms with Crippen LogP contribution in [0.1, 0.15) is 52.0 Å². The SMILES string of the molecule is O=C(CN(C(=O)c1ccc(Cl)cc1Cl)N1C(=O)c2c(Br)c(Br)c(Br)c(Br)c2C1=O)c1ccc(OC(=O)c2ccco2)cc1. The van der Waals surface area contributed by atoms with Crippen molar-refractivity contribution in [3.05, 3.63) is 117 Å². The van der Waals surface area contributed by atoms with Gasteiger partial charge in [0.25, 0.3) is 17.7 Å². The largest absolute Gasteiger partial charge is 0.457 e. The third kappa shape index (κ3) is 5.98. The van der Waals surface area contributed by atoms with Gasteiger partial charge in [-0.15, -0.1) is 0 Å². The van der Waals surface area contributed by atoms with E-state index in [1.54, 1.807) is 0 Å². The fraction of sp³-hybridized carbons (Fsp3) is 0.0357. The second kappa shape index (κ2) is 12.7. The number of benzene rings is 3. The number of rotatable bonds is 7. The molecule has 5 rings (SSSR count). The molecule has 43 heavy (non-hydrogen) atoms. The van der Waals surface area contributed by atoms with Crippen molar-refractivity contribution in [2.75, 3.05) is 6.54 Å². The molecule has 0 saturated heterocycles. The highest BCUT2D eigenvalue weighted by molar-refractivity contribution is 9.15. The van der Waals surface area contributed by atoms with Crippen molar-refractivity contribution in [3.63, 3.8) is 0 Å². The molecule has 4 aromatic rings. The highest BCUT2D eigenvalue weighted by atomic mass is 79.9. The minimum Gasteiger partial charge on any atom is -0.457 e. The number of ether oxygens (including phenoxy) is 1. The predicted molar refractivity (Wildman–Crippen MR) is 170 cm³/mol. The van der Waals surface area contributed by atoms with Gasteiger partial charge < -0.3 is 9.15 Å². The lowest BCUT2D eigenvalue weighted by Crippen LogP contribution is -2.51. The molecule has 0 bridgehead atoms. The Morgan fingerprint density at radius 2 is 1.44 bits per heavy atom. The number of hydrogen-bond acceptors (Lipinski definition) is 7. The molecule has 2 heterocycles. The van der Waals surface area contributed by atoms with Crippen LogP contribution in [0.4, 0.5) is 0 Å². The number of nitrogens with zero attached hydrogens (tertiary/aromatic N) is 2. The van der Waals surface area contributed by atoms with Crippen molar-refractivity contribution < 1.29 is 33.1 Å². The maximum atomic E-state index is 13.9. The van der Waals surface area contributed by atoms with E-state index in [-0.39, 0.29) is 52.8 Å². The normalized spacial score (nSPS) is 12.4. The summed E-state index contributed by atoms with van der Waals surface area (Å²) in [5, 5.41) is 1.53. The van der Waals surface area contributed by atoms with Gasteiger partial charge in [0.1, 0.15) is 12.3 Å². The summed E-state index contributed by atoms with van der Waals surface area (Å²) in [6.45, 7) is -0.730. The summed E-state index contributed by atoms with van der Waals surface area (Å²) >= 11 is 25.7. The molecular weight excluding hydrogens is 867 g/mol. The van der Waals surface area contributed by atoms with Gasteiger partial charge in [-0.2, -0.15) is 5.01 Å². The van der Waals surface area contributed by atoms with E-state index in [0.717, 1.165) is 5.01 Å². The zero-order valence-electron chi connectivity index (χ0n) is 21.0. The molecule has 0 radical (unpaired) electrons. The summed E-state index contributed by atoms with van der Waals surface area (Å²) in [5.41, 5.74) is -0.0531. The zero-order chi connectivity index (χ0) is 31.2. The highest BCUT2D eigenvalue weighted by Gasteiger charge is 2.46. The minimum absolute atomic E-state index is 0.00607. The fourth-order valence-electron chi connectivity index (χ4n) is 4.08. The lowest BCUT2D eigenvalue weighted by Gasteiger charge is -2.29. The summed E-state index contributed by atoms with van der Waals surface area (Å²) < 4.78 is 11.7. The number of amides is 3. The number of Topliss-reactive ketones (excluding diaryl/α,β-unsaturated/α-hetero) is 1. The molecule has 0 aliphatic carbocycles. The number of fused-ring (bicyclic) bond motifs is 1. The molecule has 15 heteroatoms. The second-order valence-electron chi connectivity index (χ2n) is 8.73. The standard InChI is InChI=1S/C28H12Br4Cl2N2O7/c29-21-19-20(22(30)24(32)23(21)31)27(40)36(26(19)39)35(25(38)15-8-5-13(33)10-16(15)34)11-17(37)12-3-6-14(7-4-12)43-28(41)18-2-1-9-42-18/h1-10H,11H2. The Morgan fingerprint density at radius 1 is 0.837 bits per heavy atom. The quantitative estimate of drug-likeness (QED) is 0.0458. The summed E-state index contributed by atoms with van der Waals surface area (Å²) in [5.74, 6) is -3.86. The molecule has 1 aliphatic rings. The van der Waals surface area contributed by atoms with Crippen LogP contribution in [0.25, 0.3) is 0 Å². The van der Waals surface area contributed by atoms with Gasteiger partial charge in [-0.1, -0.05) is 23.2 Å². The van der Waals surface area contributed by atoms with E-state index in [2.05, 4.69) is 63.7 Å². The maximum Gasteiger partial charge on any atom is 0.379 e. The van der Waals surface area contributed by atoms with Gasteiger partial charge in [0.2, 0.25) is 5.76 Å². The van der Waals surface area contributed by atoms with E-state index < -0.39 is 36.0 Å². The number of halogens is 6. The van der Waals surface area contributed by atoms with Crippen LogP contribution in [-0.4, -0.2) is 46.0 Å². The molecule has 0 fully saturated rings. The molecule has 0 saturated carbocycles. The lowest BCUT2D eigenvalue weighted by atomic mass is 10.1. The van der Waals surface area contributed by atoms with Crippen molar-refractivity contribution in [1.82, 2.24) is 10.0 Å². The molecule has 3 amide bonds. The molecule has 1 aliphatic heterocycles. The van der Waals surface area contributed by atoms with E-state index in [4.69, 9.17) is 32.4 Å². The lowest BCUT2D eigenvalue weighted by molar-refractivity contribution is 0.00527. The molecule has 0 atom stereocenters. The van der Waals surface area contributed by atoms with E-state index in [0.29, 0.717) is 14.0 Å². The van der Waals surface area contributed by atoms with Crippen molar-refractivity contribution >= 4 is 116 Å². The van der Waals surface area contributed by atoms with Gasteiger partial charge in [-0.3, -0.25) is 19.2 Å². The summed E-state index contributed by atoms with van der Waals surface area (Å²) in [4.78, 5) is 67.0. The number of hydrogen-bond donors (Lipinski definition) is 0. The first-order chi connectivity index (χ1) is 20.4. The second-order valence-corrected chi connectivity index (χ2v) is 12.7. The monoisotopic (exact) mass is 874 g/mol. The molecule has 0 spiro atoms. The van der Waals surface area contributed by atoms with Crippen molar-refractivity contribution in [3.8, 4) is 5.75 Å². The molecule has 0 N–H and O–H groups in total. The Hall–Kier alpha value is -2.81. The number of imide groups is 1. The molecule has 3 aromatic carbocycles. The Balaban J connectivity index is 1.49. The van der Waals surface area contributed by atoms with Crippen molar-refractivity contribution in [2.45, 2.75) is 0 Å². The number of hydrazine groups is 1. The number of esters is 1. The molecule has 9 nitrogen and oxygen atoms in total. The van der Waals surface area contributed by atoms with Crippen LogP contribution in [0.5, 0.6) is 5.75 Å². The van der Waals surface area contributed by atoms with Gasteiger partial charge in [0, 0.05) is 28.5 Å². The Kier molecular flexibility index (Phi) is 9.31. The van der Waals surface area contributed by atoms with Crippen LogP contribution >= 0.6 is 86.9 Å². The van der Waals surface area contributed by atoms with Gasteiger partial charge in [0.15, 0.2) is 5.78 Å². The fourth-order valence-corrected chi connectivity index (χ4v) is 7.03. The third-order valence-corrected chi connectivity index (χ3v) is 11.4. The molecule has 1 aromatic heterocycles. The van der Waals surface area contributed by atoms with Crippen LogP contribution in [0.3, 0.4) is 0 Å². The van der Waals surface area contributed by atoms with Gasteiger partial charge in [0.05, 0.1) is 28.0 Å². The number of furan rings is 1. The van der Waals surface area contributed by atoms with Gasteiger partial charge in [-0.25, -0.2) is 9.80 Å². The van der Waals surface area contributed by atoms with Crippen molar-refractivity contribution in [1.29, 1.82) is 0 Å². The van der Waals surface area contributed by atoms with Crippen LogP contribution in [0.2, 0.25) is 10.0 Å². The zero-order valence-corrected chi connectivity index (χ0v) is 28.9. The van der Waals surface area contributed by atoms with E-state index in [1.807, 2.05) is 0 Å². The van der Waals surface area contributed by atoms with Crippen LogP contribution in [0, 0.1) is 0 Å². The van der Waals surface area contributed by atoms with E-state index in [1.165, 1.54) is 60.9 Å². The summed E-state index contributed by atoms with van der Waals surface area (Å²) in [6, 6.07) is 12.5. The van der Waals surface area contributed by atoms with Crippen LogP contribution in [0.15, 0.2) is 83.2 Å². The predicted octanol–water partition coefficient (Wildman–Crippen LogP) is 8.39. The summed E-state index contributed by atoms with van der Waals surface area (Å²) in [7, 11) is 0. The maximum absolute atomic E-state index is 13.9. The minimum atomic E-state index is -0.904. The molecule has 0 unspecified atom stereocenters. The summed E-state index contributed by atoms with van der Waals surface area (Å²) in [6.07, 6.45) is 1.33. The smallest absolute Gasteiger partial charge is 0.379 e. The first kappa shape index (κ1) is 31.6. The topological polar surface area (TPSA) is 114 Å². The average molecular weight is 879 g/mol. The van der Waals surface area contributed by atoms with Crippen LogP contribution in [-0.2, 0) is 0 Å². The molecular formula is C28H12Br4Cl2N2O7. The van der Waals surface area contributed by atoms with Gasteiger partial charge in [-0.05, 0) is 118 Å². The first-order valence-corrected chi connectivity index (χ1v) is 15.7. The van der Waals surface area contributed by atoms with Crippen molar-refractivity contribution in [2.24, 2.45) is 0 Å². The van der Waals surface area contributed by atoms with Crippen LogP contribution < -0.4 is 4.74 Å². The Morgan fingerprint density at radius 3 is 1.98 bits per heavy atom. The third-order valence-electron chi connectivity index (χ3n) is 6.12. The number of carbonyl (C=O) groups excluding carboxylic acids is 5. The Bertz CT molecular complexity index is 1800. The number of carbonyl (C=O) groups is 5. The van der Waals surface area contributed by atoms with Gasteiger partial charge >= 0.3 is 5.97 Å².